The van der Waals surface area contributed by atoms with E-state index in [4.69, 9.17) is 0 Å². The van der Waals surface area contributed by atoms with Gasteiger partial charge in [0.25, 0.3) is 5.91 Å². The molecule has 0 saturated carbocycles. The molecule has 0 aliphatic rings. The first-order chi connectivity index (χ1) is 14.4. The third-order valence-electron chi connectivity index (χ3n) is 5.02. The highest BCUT2D eigenvalue weighted by atomic mass is 19.1. The molecule has 0 aliphatic carbocycles. The van der Waals surface area contributed by atoms with E-state index < -0.39 is 0 Å². The summed E-state index contributed by atoms with van der Waals surface area (Å²) in [6.07, 6.45) is 0. The van der Waals surface area contributed by atoms with Gasteiger partial charge in [0.15, 0.2) is 5.82 Å². The van der Waals surface area contributed by atoms with E-state index in [1.165, 1.54) is 6.07 Å². The molecule has 1 amide bonds. The molecule has 4 rings (SSSR count). The smallest absolute Gasteiger partial charge is 0.260 e. The first kappa shape index (κ1) is 19.6. The molecule has 6 nitrogen and oxygen atoms in total. The molecular weight excluding hydrogens is 381 g/mol. The van der Waals surface area contributed by atoms with Crippen LogP contribution in [0.3, 0.4) is 0 Å². The summed E-state index contributed by atoms with van der Waals surface area (Å²) in [5.41, 5.74) is 4.15. The zero-order valence-corrected chi connectivity index (χ0v) is 17.1. The number of rotatable bonds is 5. The first-order valence-electron chi connectivity index (χ1n) is 9.65. The maximum atomic E-state index is 14.0. The zero-order chi connectivity index (χ0) is 21.3. The van der Waals surface area contributed by atoms with Gasteiger partial charge in [-0.3, -0.25) is 9.48 Å². The summed E-state index contributed by atoms with van der Waals surface area (Å²) in [5.74, 6) is -0.139. The van der Waals surface area contributed by atoms with Crippen molar-refractivity contribution >= 4 is 11.7 Å². The lowest BCUT2D eigenvalue weighted by atomic mass is 10.2. The fraction of sp³-hybridized carbons (Fsp3) is 0.174. The van der Waals surface area contributed by atoms with Crippen molar-refractivity contribution in [2.75, 3.05) is 5.32 Å². The third kappa shape index (κ3) is 3.74. The molecule has 0 atom stereocenters. The monoisotopic (exact) mass is 403 g/mol. The Kier molecular flexibility index (Phi) is 5.18. The molecule has 2 aromatic heterocycles. The number of aryl methyl sites for hydroxylation is 2. The lowest BCUT2D eigenvalue weighted by molar-refractivity contribution is 0.102. The van der Waals surface area contributed by atoms with E-state index in [-0.39, 0.29) is 11.7 Å². The average Bonchev–Trinajstić information content (AvgIpc) is 3.22. The summed E-state index contributed by atoms with van der Waals surface area (Å²) in [6, 6.07) is 18.0. The summed E-state index contributed by atoms with van der Waals surface area (Å²) in [5, 5.41) is 11.8. The van der Waals surface area contributed by atoms with Gasteiger partial charge in [0, 0.05) is 17.3 Å². The van der Waals surface area contributed by atoms with Crippen LogP contribution in [0.1, 0.15) is 33.0 Å². The van der Waals surface area contributed by atoms with Crippen LogP contribution in [-0.4, -0.2) is 25.5 Å². The van der Waals surface area contributed by atoms with Crippen molar-refractivity contribution < 1.29 is 9.18 Å². The normalized spacial score (nSPS) is 10.9. The molecule has 30 heavy (non-hydrogen) atoms. The molecule has 2 heterocycles. The Bertz CT molecular complexity index is 1210. The molecule has 0 spiro atoms. The van der Waals surface area contributed by atoms with E-state index in [1.807, 2.05) is 51.1 Å². The number of hydrogen-bond acceptors (Lipinski definition) is 3. The van der Waals surface area contributed by atoms with Crippen LogP contribution in [0.25, 0.3) is 5.69 Å². The van der Waals surface area contributed by atoms with Gasteiger partial charge >= 0.3 is 0 Å². The van der Waals surface area contributed by atoms with Crippen molar-refractivity contribution in [2.24, 2.45) is 0 Å². The van der Waals surface area contributed by atoms with Crippen molar-refractivity contribution in [3.63, 3.8) is 0 Å². The molecular formula is C23H22FN5O. The Morgan fingerprint density at radius 1 is 1.00 bits per heavy atom. The largest absolute Gasteiger partial charge is 0.305 e. The predicted molar refractivity (Wildman–Crippen MR) is 113 cm³/mol. The molecule has 0 saturated heterocycles. The van der Waals surface area contributed by atoms with Gasteiger partial charge in [0.2, 0.25) is 0 Å². The first-order valence-corrected chi connectivity index (χ1v) is 9.65. The van der Waals surface area contributed by atoms with E-state index in [0.717, 1.165) is 17.1 Å². The van der Waals surface area contributed by atoms with Crippen LogP contribution in [0.5, 0.6) is 0 Å². The van der Waals surface area contributed by atoms with Crippen LogP contribution in [-0.2, 0) is 6.54 Å². The number of amides is 1. The minimum atomic E-state index is -0.280. The molecule has 152 valence electrons. The molecule has 1 N–H and O–H groups in total. The fourth-order valence-electron chi connectivity index (χ4n) is 3.49. The molecule has 0 aliphatic heterocycles. The highest BCUT2D eigenvalue weighted by Crippen LogP contribution is 2.20. The topological polar surface area (TPSA) is 64.7 Å². The number of anilines is 1. The van der Waals surface area contributed by atoms with Crippen molar-refractivity contribution in [3.05, 3.63) is 94.7 Å². The average molecular weight is 403 g/mol. The second-order valence-electron chi connectivity index (χ2n) is 7.17. The van der Waals surface area contributed by atoms with Crippen molar-refractivity contribution in [3.8, 4) is 5.69 Å². The number of benzene rings is 2. The number of carbonyl (C=O) groups excluding carboxylic acids is 1. The molecule has 0 unspecified atom stereocenters. The summed E-state index contributed by atoms with van der Waals surface area (Å²) in [6.45, 7) is 5.83. The Morgan fingerprint density at radius 2 is 1.70 bits per heavy atom. The van der Waals surface area contributed by atoms with E-state index >= 15 is 0 Å². The maximum Gasteiger partial charge on any atom is 0.260 e. The summed E-state index contributed by atoms with van der Waals surface area (Å²) < 4.78 is 17.4. The van der Waals surface area contributed by atoms with Crippen molar-refractivity contribution in [1.29, 1.82) is 0 Å². The Balaban J connectivity index is 1.57. The van der Waals surface area contributed by atoms with Crippen LogP contribution in [0, 0.1) is 26.6 Å². The lowest BCUT2D eigenvalue weighted by Crippen LogP contribution is -2.15. The minimum absolute atomic E-state index is 0.275. The number of aromatic nitrogens is 4. The van der Waals surface area contributed by atoms with Crippen LogP contribution >= 0.6 is 0 Å². The number of para-hydroxylation sites is 1. The van der Waals surface area contributed by atoms with Crippen LogP contribution in [0.2, 0.25) is 0 Å². The minimum Gasteiger partial charge on any atom is -0.305 e. The number of nitrogens with one attached hydrogen (secondary N) is 1. The standard InChI is InChI=1S/C23H22FN5O/c1-15-13-21(27-28(15)14-18-9-7-8-12-20(18)24)25-23(30)22-16(2)26-29(17(22)3)19-10-5-4-6-11-19/h4-13H,14H2,1-3H3,(H,25,27,30). The van der Waals surface area contributed by atoms with Gasteiger partial charge in [-0.1, -0.05) is 36.4 Å². The molecule has 0 fully saturated rings. The summed E-state index contributed by atoms with van der Waals surface area (Å²) in [7, 11) is 0. The fourth-order valence-corrected chi connectivity index (χ4v) is 3.49. The van der Waals surface area contributed by atoms with Crippen LogP contribution in [0.15, 0.2) is 60.7 Å². The van der Waals surface area contributed by atoms with Gasteiger partial charge in [-0.05, 0) is 39.0 Å². The maximum absolute atomic E-state index is 14.0. The third-order valence-corrected chi connectivity index (χ3v) is 5.02. The van der Waals surface area contributed by atoms with E-state index in [2.05, 4.69) is 15.5 Å². The quantitative estimate of drug-likeness (QED) is 0.536. The van der Waals surface area contributed by atoms with Gasteiger partial charge in [-0.15, -0.1) is 0 Å². The Hall–Kier alpha value is -3.74. The summed E-state index contributed by atoms with van der Waals surface area (Å²) >= 11 is 0. The second kappa shape index (κ2) is 7.94. The zero-order valence-electron chi connectivity index (χ0n) is 17.1. The van der Waals surface area contributed by atoms with Crippen LogP contribution in [0.4, 0.5) is 10.2 Å². The van der Waals surface area contributed by atoms with Gasteiger partial charge in [-0.2, -0.15) is 10.2 Å². The highest BCUT2D eigenvalue weighted by molar-refractivity contribution is 6.05. The van der Waals surface area contributed by atoms with E-state index in [1.54, 1.807) is 33.6 Å². The lowest BCUT2D eigenvalue weighted by Gasteiger charge is -2.06. The van der Waals surface area contributed by atoms with Gasteiger partial charge in [0.05, 0.1) is 29.2 Å². The van der Waals surface area contributed by atoms with Gasteiger partial charge in [0.1, 0.15) is 5.82 Å². The number of hydrogen-bond donors (Lipinski definition) is 1. The highest BCUT2D eigenvalue weighted by Gasteiger charge is 2.20. The molecule has 0 radical (unpaired) electrons. The molecule has 0 bridgehead atoms. The summed E-state index contributed by atoms with van der Waals surface area (Å²) in [4.78, 5) is 13.0. The number of nitrogens with zero attached hydrogens (tertiary/aromatic N) is 4. The number of halogens is 1. The van der Waals surface area contributed by atoms with Gasteiger partial charge in [-0.25, -0.2) is 9.07 Å². The molecule has 4 aromatic rings. The van der Waals surface area contributed by atoms with E-state index in [9.17, 15) is 9.18 Å². The number of carbonyl (C=O) groups is 1. The molecule has 7 heteroatoms. The Labute approximate surface area is 174 Å². The van der Waals surface area contributed by atoms with Crippen molar-refractivity contribution in [2.45, 2.75) is 27.3 Å². The van der Waals surface area contributed by atoms with E-state index in [0.29, 0.717) is 29.2 Å². The van der Waals surface area contributed by atoms with Crippen molar-refractivity contribution in [1.82, 2.24) is 19.6 Å². The predicted octanol–water partition coefficient (Wildman–Crippen LogP) is 4.43. The SMILES string of the molecule is Cc1nn(-c2ccccc2)c(C)c1C(=O)Nc1cc(C)n(Cc2ccccc2F)n1. The second-order valence-corrected chi connectivity index (χ2v) is 7.17. The molecule has 2 aromatic carbocycles. The van der Waals surface area contributed by atoms with Gasteiger partial charge < -0.3 is 5.32 Å². The Morgan fingerprint density at radius 3 is 2.43 bits per heavy atom. The van der Waals surface area contributed by atoms with Crippen LogP contribution < -0.4 is 5.32 Å².